The van der Waals surface area contributed by atoms with Gasteiger partial charge < -0.3 is 34.9 Å². The minimum absolute atomic E-state index is 0.0147. The molecule has 224 valence electrons. The summed E-state index contributed by atoms with van der Waals surface area (Å²) in [6, 6.07) is 13.8. The molecule has 1 fully saturated rings. The Morgan fingerprint density at radius 2 is 1.91 bits per heavy atom. The highest BCUT2D eigenvalue weighted by Crippen LogP contribution is 2.25. The van der Waals surface area contributed by atoms with Crippen LogP contribution in [0.3, 0.4) is 0 Å². The first-order chi connectivity index (χ1) is 20.3. The van der Waals surface area contributed by atoms with Gasteiger partial charge in [0.2, 0.25) is 5.56 Å². The van der Waals surface area contributed by atoms with E-state index in [1.165, 1.54) is 29.2 Å². The van der Waals surface area contributed by atoms with Crippen molar-refractivity contribution in [2.24, 2.45) is 0 Å². The molecule has 1 saturated heterocycles. The van der Waals surface area contributed by atoms with Crippen molar-refractivity contribution in [1.29, 1.82) is 5.26 Å². The average molecular weight is 592 g/mol. The molecule has 2 aromatic carbocycles. The lowest BCUT2D eigenvalue weighted by atomic mass is 10.1. The number of aliphatic hydroxyl groups excluding tert-OH is 1. The zero-order chi connectivity index (χ0) is 31.5. The van der Waals surface area contributed by atoms with Crippen LogP contribution in [0.5, 0.6) is 0 Å². The number of fused-ring (bicyclic) bond motifs is 1. The van der Waals surface area contributed by atoms with E-state index in [0.29, 0.717) is 16.1 Å². The summed E-state index contributed by atoms with van der Waals surface area (Å²) in [6.45, 7) is 4.30. The zero-order valence-electron chi connectivity index (χ0n) is 23.5. The van der Waals surface area contributed by atoms with E-state index < -0.39 is 48.4 Å². The number of aliphatic hydroxyl groups is 1. The van der Waals surface area contributed by atoms with Crippen LogP contribution in [0, 0.1) is 11.3 Å². The number of carbonyl (C=O) groups is 4. The molecule has 0 saturated carbocycles. The molecule has 2 atom stereocenters. The largest absolute Gasteiger partial charge is 0.465 e. The monoisotopic (exact) mass is 591 g/mol. The molecule has 1 aromatic heterocycles. The highest BCUT2D eigenvalue weighted by molar-refractivity contribution is 6.04. The third-order valence-electron chi connectivity index (χ3n) is 6.36. The van der Waals surface area contributed by atoms with E-state index in [1.54, 1.807) is 45.0 Å². The number of aromatic nitrogens is 1. The van der Waals surface area contributed by atoms with Gasteiger partial charge in [-0.2, -0.15) is 5.26 Å². The second-order valence-electron chi connectivity index (χ2n) is 10.6. The van der Waals surface area contributed by atoms with Gasteiger partial charge in [0.1, 0.15) is 5.60 Å². The van der Waals surface area contributed by atoms with Gasteiger partial charge in [0.15, 0.2) is 12.2 Å². The fraction of sp³-hybridized carbons (Fsp3) is 0.310. The fourth-order valence-corrected chi connectivity index (χ4v) is 4.36. The Morgan fingerprint density at radius 3 is 2.58 bits per heavy atom. The summed E-state index contributed by atoms with van der Waals surface area (Å²) >= 11 is 0. The van der Waals surface area contributed by atoms with Crippen LogP contribution in [-0.4, -0.2) is 75.1 Å². The standard InChI is InChI=1S/C29H29N5O9/c1-29(2,3)43-28(41)34(27(39)40)15-18-12-19(7-4-17(18)14-30)31-25(37)23(36)24-26(38)33(10-11-42-24)20-8-5-16-6-9-22(35)32-21(16)13-20/h4-9,12-13,23-24,36H,10-11,15H2,1-3H3,(H,31,37)(H,32,35)(H,39,40)/t23-,24-/m1/s1. The molecule has 0 aliphatic carbocycles. The molecule has 4 rings (SSSR count). The number of anilines is 2. The number of amides is 4. The molecule has 4 amide bonds. The normalized spacial score (nSPS) is 15.8. The molecule has 0 radical (unpaired) electrons. The van der Waals surface area contributed by atoms with E-state index in [2.05, 4.69) is 10.3 Å². The van der Waals surface area contributed by atoms with E-state index in [0.717, 1.165) is 5.39 Å². The second-order valence-corrected chi connectivity index (χ2v) is 10.6. The Morgan fingerprint density at radius 1 is 1.19 bits per heavy atom. The highest BCUT2D eigenvalue weighted by atomic mass is 16.6. The molecule has 0 bridgehead atoms. The number of nitrogens with one attached hydrogen (secondary N) is 2. The number of morpholine rings is 1. The lowest BCUT2D eigenvalue weighted by Gasteiger charge is -2.34. The lowest BCUT2D eigenvalue weighted by Crippen LogP contribution is -2.55. The van der Waals surface area contributed by atoms with E-state index >= 15 is 0 Å². The predicted octanol–water partition coefficient (Wildman–Crippen LogP) is 2.55. The molecular weight excluding hydrogens is 562 g/mol. The number of aromatic amines is 1. The minimum atomic E-state index is -1.94. The average Bonchev–Trinajstić information content (AvgIpc) is 2.94. The van der Waals surface area contributed by atoms with Gasteiger partial charge in [0, 0.05) is 24.0 Å². The smallest absolute Gasteiger partial charge is 0.420 e. The van der Waals surface area contributed by atoms with Gasteiger partial charge in [-0.3, -0.25) is 14.4 Å². The number of nitriles is 1. The van der Waals surface area contributed by atoms with Crippen LogP contribution >= 0.6 is 0 Å². The van der Waals surface area contributed by atoms with Gasteiger partial charge in [0.05, 0.1) is 30.3 Å². The number of carboxylic acid groups (broad SMARTS) is 1. The maximum Gasteiger partial charge on any atom is 0.420 e. The van der Waals surface area contributed by atoms with Crippen LogP contribution in [0.2, 0.25) is 0 Å². The molecule has 14 heteroatoms. The highest BCUT2D eigenvalue weighted by Gasteiger charge is 2.39. The molecule has 1 aliphatic rings. The van der Waals surface area contributed by atoms with Crippen molar-refractivity contribution < 1.29 is 38.9 Å². The molecule has 2 heterocycles. The molecule has 4 N–H and O–H groups in total. The predicted molar refractivity (Wildman–Crippen MR) is 152 cm³/mol. The van der Waals surface area contributed by atoms with Gasteiger partial charge in [-0.05, 0) is 68.1 Å². The van der Waals surface area contributed by atoms with Crippen LogP contribution in [-0.2, 0) is 25.6 Å². The fourth-order valence-electron chi connectivity index (χ4n) is 4.36. The van der Waals surface area contributed by atoms with Crippen molar-refractivity contribution in [3.63, 3.8) is 0 Å². The summed E-state index contributed by atoms with van der Waals surface area (Å²) in [4.78, 5) is 66.6. The Kier molecular flexibility index (Phi) is 8.79. The van der Waals surface area contributed by atoms with Crippen LogP contribution in [0.15, 0.2) is 53.3 Å². The first-order valence-electron chi connectivity index (χ1n) is 13.1. The van der Waals surface area contributed by atoms with E-state index in [1.807, 2.05) is 6.07 Å². The van der Waals surface area contributed by atoms with Crippen LogP contribution < -0.4 is 15.8 Å². The third kappa shape index (κ3) is 7.15. The molecule has 0 spiro atoms. The van der Waals surface area contributed by atoms with Gasteiger partial charge in [-0.1, -0.05) is 6.07 Å². The third-order valence-corrected chi connectivity index (χ3v) is 6.36. The van der Waals surface area contributed by atoms with Crippen LogP contribution in [0.4, 0.5) is 21.0 Å². The summed E-state index contributed by atoms with van der Waals surface area (Å²) in [7, 11) is 0. The van der Waals surface area contributed by atoms with Crippen LogP contribution in [0.25, 0.3) is 10.9 Å². The molecule has 43 heavy (non-hydrogen) atoms. The summed E-state index contributed by atoms with van der Waals surface area (Å²) < 4.78 is 10.6. The van der Waals surface area contributed by atoms with Gasteiger partial charge in [-0.25, -0.2) is 14.5 Å². The number of carbonyl (C=O) groups excluding carboxylic acids is 3. The number of benzene rings is 2. The second kappa shape index (κ2) is 12.3. The number of nitrogens with zero attached hydrogens (tertiary/aromatic N) is 3. The SMILES string of the molecule is CC(C)(C)OC(=O)N(Cc1cc(NC(=O)[C@H](O)[C@H]2OCCN(c3ccc4ccc(=O)[nH]c4c3)C2=O)ccc1C#N)C(=O)O. The summed E-state index contributed by atoms with van der Waals surface area (Å²) in [5.74, 6) is -1.68. The summed E-state index contributed by atoms with van der Waals surface area (Å²) in [5.41, 5.74) is -0.176. The number of hydrogen-bond donors (Lipinski definition) is 4. The maximum absolute atomic E-state index is 13.3. The summed E-state index contributed by atoms with van der Waals surface area (Å²) in [5, 5.41) is 33.0. The van der Waals surface area contributed by atoms with E-state index in [4.69, 9.17) is 9.47 Å². The zero-order valence-corrected chi connectivity index (χ0v) is 23.5. The van der Waals surface area contributed by atoms with Crippen molar-refractivity contribution in [3.05, 3.63) is 70.0 Å². The molecule has 0 unspecified atom stereocenters. The number of hydrogen-bond acceptors (Lipinski definition) is 9. The first-order valence-corrected chi connectivity index (χ1v) is 13.1. The molecule has 3 aromatic rings. The van der Waals surface area contributed by atoms with Crippen molar-refractivity contribution in [2.45, 2.75) is 45.1 Å². The molecule has 14 nitrogen and oxygen atoms in total. The minimum Gasteiger partial charge on any atom is -0.465 e. The van der Waals surface area contributed by atoms with Crippen LogP contribution in [0.1, 0.15) is 31.9 Å². The Bertz CT molecular complexity index is 1690. The summed E-state index contributed by atoms with van der Waals surface area (Å²) in [6.07, 6.45) is -6.25. The van der Waals surface area contributed by atoms with Crippen molar-refractivity contribution in [3.8, 4) is 6.07 Å². The van der Waals surface area contributed by atoms with E-state index in [-0.39, 0.29) is 35.5 Å². The van der Waals surface area contributed by atoms with Crippen molar-refractivity contribution in [2.75, 3.05) is 23.4 Å². The van der Waals surface area contributed by atoms with Crippen molar-refractivity contribution >= 4 is 46.3 Å². The Balaban J connectivity index is 1.50. The topological polar surface area (TPSA) is 202 Å². The number of imide groups is 1. The first kappa shape index (κ1) is 30.7. The number of ether oxygens (including phenoxy) is 2. The van der Waals surface area contributed by atoms with Gasteiger partial charge in [0.25, 0.3) is 11.8 Å². The molecular formula is C29H29N5O9. The van der Waals surface area contributed by atoms with Crippen molar-refractivity contribution in [1.82, 2.24) is 9.88 Å². The lowest BCUT2D eigenvalue weighted by molar-refractivity contribution is -0.150. The van der Waals surface area contributed by atoms with E-state index in [9.17, 15) is 39.4 Å². The quantitative estimate of drug-likeness (QED) is 0.330. The molecule has 1 aliphatic heterocycles. The number of rotatable bonds is 6. The number of pyridine rings is 1. The number of H-pyrrole nitrogens is 1. The van der Waals surface area contributed by atoms with Gasteiger partial charge in [-0.15, -0.1) is 0 Å². The van der Waals surface area contributed by atoms with Gasteiger partial charge >= 0.3 is 12.2 Å². The maximum atomic E-state index is 13.3. The Labute approximate surface area is 245 Å². The Hall–Kier alpha value is -5.26.